The van der Waals surface area contributed by atoms with Crippen molar-refractivity contribution in [1.29, 1.82) is 0 Å². The van der Waals surface area contributed by atoms with Gasteiger partial charge < -0.3 is 4.74 Å². The molecular formula is C11H11NOS. The molecule has 1 aromatic rings. The number of ether oxygens (including phenoxy) is 1. The highest BCUT2D eigenvalue weighted by molar-refractivity contribution is 7.80. The Balaban J connectivity index is 2.33. The third-order valence-electron chi connectivity index (χ3n) is 2.11. The maximum Gasteiger partial charge on any atom is 0.222 e. The molecular weight excluding hydrogens is 194 g/mol. The van der Waals surface area contributed by atoms with Gasteiger partial charge in [-0.3, -0.25) is 0 Å². The summed E-state index contributed by atoms with van der Waals surface area (Å²) in [6.07, 6.45) is -0.0690. The summed E-state index contributed by atoms with van der Waals surface area (Å²) in [6, 6.07) is 8.05. The van der Waals surface area contributed by atoms with Crippen LogP contribution in [0.1, 0.15) is 18.1 Å². The lowest BCUT2D eigenvalue weighted by molar-refractivity contribution is 0.291. The third kappa shape index (κ3) is 1.68. The highest BCUT2D eigenvalue weighted by Gasteiger charge is 2.21. The van der Waals surface area contributed by atoms with Crippen molar-refractivity contribution in [2.45, 2.75) is 20.0 Å². The first-order valence-corrected chi connectivity index (χ1v) is 4.94. The molecule has 0 N–H and O–H groups in total. The van der Waals surface area contributed by atoms with Crippen molar-refractivity contribution >= 4 is 23.1 Å². The number of thiocarbonyl (C=S) groups is 1. The van der Waals surface area contributed by atoms with Crippen molar-refractivity contribution < 1.29 is 4.74 Å². The first-order chi connectivity index (χ1) is 6.66. The molecule has 1 aromatic carbocycles. The van der Waals surface area contributed by atoms with Crippen molar-refractivity contribution in [1.82, 2.24) is 0 Å². The van der Waals surface area contributed by atoms with E-state index in [1.165, 1.54) is 5.56 Å². The third-order valence-corrected chi connectivity index (χ3v) is 2.54. The molecule has 0 bridgehead atoms. The van der Waals surface area contributed by atoms with Crippen LogP contribution < -0.4 is 0 Å². The molecule has 1 aliphatic heterocycles. The lowest BCUT2D eigenvalue weighted by atomic mass is 10.1. The van der Waals surface area contributed by atoms with Crippen molar-refractivity contribution in [3.05, 3.63) is 35.4 Å². The zero-order chi connectivity index (χ0) is 10.1. The second-order valence-corrected chi connectivity index (χ2v) is 3.80. The monoisotopic (exact) mass is 205 g/mol. The van der Waals surface area contributed by atoms with Crippen LogP contribution in [0.25, 0.3) is 0 Å². The summed E-state index contributed by atoms with van der Waals surface area (Å²) in [6.45, 7) is 3.95. The second-order valence-electron chi connectivity index (χ2n) is 3.38. The molecule has 0 saturated carbocycles. The first-order valence-electron chi connectivity index (χ1n) is 4.53. The second kappa shape index (κ2) is 3.50. The normalized spacial score (nSPS) is 20.6. The molecule has 0 fully saturated rings. The number of hydrogen-bond donors (Lipinski definition) is 0. The van der Waals surface area contributed by atoms with Gasteiger partial charge in [0.05, 0.1) is 0 Å². The molecule has 0 spiro atoms. The SMILES string of the molecule is Cc1cccc(C2=NC(=S)C(C)O2)c1. The Morgan fingerprint density at radius 3 is 2.79 bits per heavy atom. The van der Waals surface area contributed by atoms with Gasteiger partial charge in [0.1, 0.15) is 11.1 Å². The number of aryl methyl sites for hydroxylation is 1. The van der Waals surface area contributed by atoms with Gasteiger partial charge >= 0.3 is 0 Å². The van der Waals surface area contributed by atoms with Gasteiger partial charge in [0.2, 0.25) is 5.90 Å². The predicted octanol–water partition coefficient (Wildman–Crippen LogP) is 2.49. The van der Waals surface area contributed by atoms with Gasteiger partial charge in [-0.25, -0.2) is 4.99 Å². The van der Waals surface area contributed by atoms with Crippen LogP contribution in [0.5, 0.6) is 0 Å². The van der Waals surface area contributed by atoms with Gasteiger partial charge in [-0.15, -0.1) is 0 Å². The summed E-state index contributed by atoms with van der Waals surface area (Å²) in [4.78, 5) is 4.83. The van der Waals surface area contributed by atoms with E-state index in [9.17, 15) is 0 Å². The van der Waals surface area contributed by atoms with E-state index >= 15 is 0 Å². The fourth-order valence-corrected chi connectivity index (χ4v) is 1.48. The van der Waals surface area contributed by atoms with Crippen LogP contribution in [0.15, 0.2) is 29.3 Å². The fraction of sp³-hybridized carbons (Fsp3) is 0.273. The molecule has 1 heterocycles. The van der Waals surface area contributed by atoms with E-state index in [4.69, 9.17) is 17.0 Å². The highest BCUT2D eigenvalue weighted by atomic mass is 32.1. The summed E-state index contributed by atoms with van der Waals surface area (Å²) in [5, 5.41) is 0. The lowest BCUT2D eigenvalue weighted by Gasteiger charge is -2.05. The predicted molar refractivity (Wildman–Crippen MR) is 60.9 cm³/mol. The van der Waals surface area contributed by atoms with E-state index in [1.54, 1.807) is 0 Å². The maximum absolute atomic E-state index is 5.52. The van der Waals surface area contributed by atoms with Crippen LogP contribution in [-0.2, 0) is 4.74 Å². The first kappa shape index (κ1) is 9.34. The van der Waals surface area contributed by atoms with Gasteiger partial charge in [0.15, 0.2) is 0 Å². The average molecular weight is 205 g/mol. The Labute approximate surface area is 88.6 Å². The Bertz CT molecular complexity index is 412. The molecule has 1 unspecified atom stereocenters. The highest BCUT2D eigenvalue weighted by Crippen LogP contribution is 2.15. The van der Waals surface area contributed by atoms with Crippen molar-refractivity contribution in [3.8, 4) is 0 Å². The standard InChI is InChI=1S/C11H11NOS/c1-7-4-3-5-9(6-7)10-12-11(14)8(2)13-10/h3-6,8H,1-2H3. The van der Waals surface area contributed by atoms with Gasteiger partial charge in [-0.2, -0.15) is 0 Å². The molecule has 3 heteroatoms. The molecule has 1 atom stereocenters. The molecule has 2 rings (SSSR count). The van der Waals surface area contributed by atoms with Crippen LogP contribution in [-0.4, -0.2) is 17.0 Å². The van der Waals surface area contributed by atoms with Crippen LogP contribution in [0.2, 0.25) is 0 Å². The number of nitrogens with zero attached hydrogens (tertiary/aromatic N) is 1. The van der Waals surface area contributed by atoms with E-state index in [1.807, 2.05) is 38.1 Å². The summed E-state index contributed by atoms with van der Waals surface area (Å²) < 4.78 is 5.52. The molecule has 0 aliphatic carbocycles. The minimum Gasteiger partial charge on any atom is -0.467 e. The van der Waals surface area contributed by atoms with Crippen molar-refractivity contribution in [3.63, 3.8) is 0 Å². The quantitative estimate of drug-likeness (QED) is 0.657. The Hall–Kier alpha value is -1.22. The molecule has 72 valence electrons. The lowest BCUT2D eigenvalue weighted by Crippen LogP contribution is -2.11. The molecule has 1 aliphatic rings. The van der Waals surface area contributed by atoms with E-state index in [2.05, 4.69) is 4.99 Å². The van der Waals surface area contributed by atoms with Crippen molar-refractivity contribution in [2.24, 2.45) is 4.99 Å². The van der Waals surface area contributed by atoms with E-state index in [0.29, 0.717) is 10.9 Å². The fourth-order valence-electron chi connectivity index (χ4n) is 1.35. The number of aliphatic imine (C=N–C) groups is 1. The van der Waals surface area contributed by atoms with Gasteiger partial charge in [0.25, 0.3) is 0 Å². The average Bonchev–Trinajstić information content (AvgIpc) is 2.47. The topological polar surface area (TPSA) is 21.6 Å². The summed E-state index contributed by atoms with van der Waals surface area (Å²) in [7, 11) is 0. The molecule has 2 nitrogen and oxygen atoms in total. The molecule has 0 saturated heterocycles. The number of hydrogen-bond acceptors (Lipinski definition) is 2. The zero-order valence-corrected chi connectivity index (χ0v) is 8.97. The van der Waals surface area contributed by atoms with Gasteiger partial charge in [-0.1, -0.05) is 29.9 Å². The number of benzene rings is 1. The summed E-state index contributed by atoms with van der Waals surface area (Å²) in [5.74, 6) is 0.645. The maximum atomic E-state index is 5.52. The molecule has 0 radical (unpaired) electrons. The van der Waals surface area contributed by atoms with Crippen LogP contribution in [0.4, 0.5) is 0 Å². The Morgan fingerprint density at radius 1 is 1.43 bits per heavy atom. The summed E-state index contributed by atoms with van der Waals surface area (Å²) >= 11 is 5.04. The van der Waals surface area contributed by atoms with E-state index in [-0.39, 0.29) is 6.10 Å². The number of rotatable bonds is 1. The largest absolute Gasteiger partial charge is 0.467 e. The van der Waals surface area contributed by atoms with E-state index < -0.39 is 0 Å². The van der Waals surface area contributed by atoms with Gasteiger partial charge in [-0.05, 0) is 26.0 Å². The minimum atomic E-state index is -0.0690. The van der Waals surface area contributed by atoms with Crippen LogP contribution in [0.3, 0.4) is 0 Å². The molecule has 0 aromatic heterocycles. The van der Waals surface area contributed by atoms with Crippen LogP contribution in [0, 0.1) is 6.92 Å². The Morgan fingerprint density at radius 2 is 2.21 bits per heavy atom. The molecule has 0 amide bonds. The van der Waals surface area contributed by atoms with Crippen LogP contribution >= 0.6 is 12.2 Å². The molecule has 14 heavy (non-hydrogen) atoms. The zero-order valence-electron chi connectivity index (χ0n) is 8.15. The smallest absolute Gasteiger partial charge is 0.222 e. The van der Waals surface area contributed by atoms with Gasteiger partial charge in [0, 0.05) is 5.56 Å². The van der Waals surface area contributed by atoms with Crippen molar-refractivity contribution in [2.75, 3.05) is 0 Å². The Kier molecular flexibility index (Phi) is 2.33. The summed E-state index contributed by atoms with van der Waals surface area (Å²) in [5.41, 5.74) is 2.19. The minimum absolute atomic E-state index is 0.0690. The van der Waals surface area contributed by atoms with E-state index in [0.717, 1.165) is 5.56 Å².